The highest BCUT2D eigenvalue weighted by Gasteiger charge is 2.44. The van der Waals surface area contributed by atoms with Crippen molar-refractivity contribution in [1.29, 1.82) is 0 Å². The Morgan fingerprint density at radius 2 is 0.753 bits per heavy atom. The zero-order chi connectivity index (χ0) is 64.4. The Hall–Kier alpha value is -2.12. The molecule has 7 atom stereocenters. The predicted molar refractivity (Wildman–Crippen MR) is 375 cm³/mol. The summed E-state index contributed by atoms with van der Waals surface area (Å²) in [6.45, 7) is 4.36. The molecule has 1 fully saturated rings. The molecule has 0 aromatic rings. The average molecular weight is 1260 g/mol. The molecule has 0 aliphatic carbocycles. The van der Waals surface area contributed by atoms with E-state index in [0.717, 1.165) is 57.8 Å². The molecular formula is C78H147NO10. The molecule has 6 N–H and O–H groups in total. The van der Waals surface area contributed by atoms with Gasteiger partial charge in [-0.1, -0.05) is 346 Å². The maximum absolute atomic E-state index is 13.0. The normalized spacial score (nSPS) is 17.9. The number of aliphatic hydroxyl groups is 5. The number of carbonyl (C=O) groups is 2. The third kappa shape index (κ3) is 56.0. The minimum absolute atomic E-state index is 0.0166. The molecule has 11 nitrogen and oxygen atoms in total. The van der Waals surface area contributed by atoms with E-state index in [1.54, 1.807) is 6.08 Å². The number of esters is 1. The maximum atomic E-state index is 13.0. The monoisotopic (exact) mass is 1260 g/mol. The van der Waals surface area contributed by atoms with E-state index in [0.29, 0.717) is 19.4 Å². The molecule has 1 saturated heterocycles. The first-order valence-corrected chi connectivity index (χ1v) is 38.8. The summed E-state index contributed by atoms with van der Waals surface area (Å²) >= 11 is 0. The Morgan fingerprint density at radius 3 is 1.13 bits per heavy atom. The van der Waals surface area contributed by atoms with E-state index in [1.807, 2.05) is 6.08 Å². The third-order valence-corrected chi connectivity index (χ3v) is 18.5. The number of nitrogens with one attached hydrogen (secondary N) is 1. The fourth-order valence-electron chi connectivity index (χ4n) is 12.4. The van der Waals surface area contributed by atoms with E-state index in [1.165, 1.54) is 302 Å². The largest absolute Gasteiger partial charge is 0.466 e. The van der Waals surface area contributed by atoms with E-state index in [2.05, 4.69) is 43.5 Å². The summed E-state index contributed by atoms with van der Waals surface area (Å²) in [7, 11) is 0. The summed E-state index contributed by atoms with van der Waals surface area (Å²) in [5, 5.41) is 54.3. The number of hydrogen-bond donors (Lipinski definition) is 6. The Labute approximate surface area is 549 Å². The Balaban J connectivity index is 1.87. The van der Waals surface area contributed by atoms with Gasteiger partial charge >= 0.3 is 5.97 Å². The lowest BCUT2D eigenvalue weighted by molar-refractivity contribution is -0.302. The highest BCUT2D eigenvalue weighted by Crippen LogP contribution is 2.24. The summed E-state index contributed by atoms with van der Waals surface area (Å²) in [6.07, 6.45) is 77.6. The molecule has 1 amide bonds. The first kappa shape index (κ1) is 84.9. The summed E-state index contributed by atoms with van der Waals surface area (Å²) < 4.78 is 16.7. The second-order valence-corrected chi connectivity index (χ2v) is 27.1. The van der Waals surface area contributed by atoms with Gasteiger partial charge < -0.3 is 45.1 Å². The van der Waals surface area contributed by atoms with Crippen LogP contribution < -0.4 is 5.32 Å². The first-order valence-electron chi connectivity index (χ1n) is 38.8. The van der Waals surface area contributed by atoms with Gasteiger partial charge in [0.05, 0.1) is 32.0 Å². The second-order valence-electron chi connectivity index (χ2n) is 27.1. The highest BCUT2D eigenvalue weighted by molar-refractivity contribution is 5.76. The Bertz CT molecular complexity index is 1570. The van der Waals surface area contributed by atoms with Gasteiger partial charge in [0, 0.05) is 12.8 Å². The van der Waals surface area contributed by atoms with Crippen LogP contribution in [0.15, 0.2) is 36.5 Å². The van der Waals surface area contributed by atoms with Gasteiger partial charge in [-0.3, -0.25) is 9.59 Å². The number of unbranched alkanes of at least 4 members (excludes halogenated alkanes) is 51. The molecule has 524 valence electrons. The summed E-state index contributed by atoms with van der Waals surface area (Å²) in [4.78, 5) is 25.1. The van der Waals surface area contributed by atoms with Crippen molar-refractivity contribution in [2.45, 2.75) is 429 Å². The number of ether oxygens (including phenoxy) is 3. The zero-order valence-corrected chi connectivity index (χ0v) is 58.4. The molecule has 0 bridgehead atoms. The second kappa shape index (κ2) is 67.3. The molecule has 1 aliphatic rings. The molecule has 0 radical (unpaired) electrons. The van der Waals surface area contributed by atoms with Crippen molar-refractivity contribution in [3.63, 3.8) is 0 Å². The molecule has 0 aromatic carbocycles. The van der Waals surface area contributed by atoms with Crippen LogP contribution in [-0.4, -0.2) is 100 Å². The molecule has 0 saturated carbocycles. The molecule has 89 heavy (non-hydrogen) atoms. The predicted octanol–water partition coefficient (Wildman–Crippen LogP) is 20.5. The van der Waals surface area contributed by atoms with Crippen LogP contribution in [0.5, 0.6) is 0 Å². The average Bonchev–Trinajstić information content (AvgIpc) is 1.84. The molecule has 1 heterocycles. The molecule has 1 rings (SSSR count). The van der Waals surface area contributed by atoms with Crippen molar-refractivity contribution >= 4 is 11.9 Å². The van der Waals surface area contributed by atoms with E-state index >= 15 is 0 Å². The van der Waals surface area contributed by atoms with Gasteiger partial charge in [-0.25, -0.2) is 0 Å². The molecule has 0 spiro atoms. The van der Waals surface area contributed by atoms with Crippen LogP contribution in [0.4, 0.5) is 0 Å². The first-order chi connectivity index (χ1) is 43.7. The lowest BCUT2D eigenvalue weighted by atomic mass is 9.99. The van der Waals surface area contributed by atoms with Crippen LogP contribution in [0.1, 0.15) is 386 Å². The standard InChI is InChI=1S/C78H147NO10/c1-3-5-7-9-11-13-14-42-46-50-54-58-62-66-74(83)87-67-63-59-55-51-47-44-41-39-37-35-33-31-29-27-25-23-21-19-17-15-16-18-20-22-24-26-28-30-32-34-36-38-40-43-45-49-53-57-61-65-73(82)79-70(71(81)64-60-56-52-48-12-10-8-6-4-2)69-88-78-77(86)76(85)75(84)72(68-80)89-78/h15-16,19,21,60,64,70-72,75-78,80-81,84-86H,3-14,17-18,20,22-59,61-63,65-69H2,1-2H3,(H,79,82)/b16-15-,21-19-,64-60+. The fourth-order valence-corrected chi connectivity index (χ4v) is 12.4. The van der Waals surface area contributed by atoms with Gasteiger partial charge in [0.15, 0.2) is 6.29 Å². The minimum Gasteiger partial charge on any atom is -0.466 e. The molecule has 11 heteroatoms. The maximum Gasteiger partial charge on any atom is 0.305 e. The van der Waals surface area contributed by atoms with Crippen molar-refractivity contribution in [3.05, 3.63) is 36.5 Å². The number of rotatable bonds is 69. The van der Waals surface area contributed by atoms with Crippen LogP contribution >= 0.6 is 0 Å². The van der Waals surface area contributed by atoms with Gasteiger partial charge in [0.25, 0.3) is 0 Å². The lowest BCUT2D eigenvalue weighted by Crippen LogP contribution is -2.60. The van der Waals surface area contributed by atoms with Crippen molar-refractivity contribution in [3.8, 4) is 0 Å². The van der Waals surface area contributed by atoms with E-state index in [9.17, 15) is 35.1 Å². The van der Waals surface area contributed by atoms with Crippen molar-refractivity contribution in [2.75, 3.05) is 19.8 Å². The van der Waals surface area contributed by atoms with Crippen LogP contribution in [0.2, 0.25) is 0 Å². The van der Waals surface area contributed by atoms with Crippen LogP contribution in [-0.2, 0) is 23.8 Å². The zero-order valence-electron chi connectivity index (χ0n) is 58.4. The smallest absolute Gasteiger partial charge is 0.305 e. The molecule has 0 aromatic heterocycles. The van der Waals surface area contributed by atoms with E-state index < -0.39 is 49.5 Å². The van der Waals surface area contributed by atoms with Gasteiger partial charge in [0.2, 0.25) is 5.91 Å². The van der Waals surface area contributed by atoms with Crippen LogP contribution in [0.25, 0.3) is 0 Å². The topological polar surface area (TPSA) is 175 Å². The number of aliphatic hydroxyl groups excluding tert-OH is 5. The third-order valence-electron chi connectivity index (χ3n) is 18.5. The van der Waals surface area contributed by atoms with Gasteiger partial charge in [0.1, 0.15) is 24.4 Å². The summed E-state index contributed by atoms with van der Waals surface area (Å²) in [5.41, 5.74) is 0. The number of allylic oxidation sites excluding steroid dienone is 5. The number of carbonyl (C=O) groups excluding carboxylic acids is 2. The van der Waals surface area contributed by atoms with Crippen LogP contribution in [0.3, 0.4) is 0 Å². The van der Waals surface area contributed by atoms with Crippen LogP contribution in [0, 0.1) is 0 Å². The molecule has 1 aliphatic heterocycles. The summed E-state index contributed by atoms with van der Waals surface area (Å²) in [5.74, 6) is -0.162. The van der Waals surface area contributed by atoms with E-state index in [-0.39, 0.29) is 18.5 Å². The SMILES string of the molecule is CCCCCCCCC/C=C/C(O)C(COC1OC(CO)C(O)C(O)C1O)NC(=O)CCCCCCCCCCCCCCCCCCC/C=C\C/C=C\CCCCCCCCCCCCCCCCCOC(=O)CCCCCCCCCCCCCCC. The Morgan fingerprint density at radius 1 is 0.416 bits per heavy atom. The van der Waals surface area contributed by atoms with Crippen molar-refractivity contribution in [1.82, 2.24) is 5.32 Å². The van der Waals surface area contributed by atoms with E-state index in [4.69, 9.17) is 14.2 Å². The highest BCUT2D eigenvalue weighted by atomic mass is 16.7. The van der Waals surface area contributed by atoms with Crippen molar-refractivity contribution in [2.24, 2.45) is 0 Å². The van der Waals surface area contributed by atoms with Crippen molar-refractivity contribution < 1.29 is 49.3 Å². The minimum atomic E-state index is -1.57. The number of hydrogen-bond acceptors (Lipinski definition) is 10. The lowest BCUT2D eigenvalue weighted by Gasteiger charge is -2.40. The van der Waals surface area contributed by atoms with Gasteiger partial charge in [-0.05, 0) is 64.2 Å². The molecular weight excluding hydrogens is 1110 g/mol. The number of amides is 1. The van der Waals surface area contributed by atoms with Gasteiger partial charge in [-0.2, -0.15) is 0 Å². The quantitative estimate of drug-likeness (QED) is 0.0195. The summed E-state index contributed by atoms with van der Waals surface area (Å²) in [6, 6.07) is -0.806. The Kier molecular flexibility index (Phi) is 64.2. The fraction of sp³-hybridized carbons (Fsp3) is 0.897. The van der Waals surface area contributed by atoms with Gasteiger partial charge in [-0.15, -0.1) is 0 Å². The molecule has 7 unspecified atom stereocenters.